The molecule has 0 aliphatic heterocycles. The number of ether oxygens (including phenoxy) is 1. The highest BCUT2D eigenvalue weighted by atomic mass is 16.5. The van der Waals surface area contributed by atoms with Crippen molar-refractivity contribution in [1.82, 2.24) is 0 Å². The van der Waals surface area contributed by atoms with E-state index in [0.717, 1.165) is 12.2 Å². The first-order valence-corrected chi connectivity index (χ1v) is 4.85. The fourth-order valence-corrected chi connectivity index (χ4v) is 1.31. The summed E-state index contributed by atoms with van der Waals surface area (Å²) in [5.41, 5.74) is 1.88. The van der Waals surface area contributed by atoms with Crippen molar-refractivity contribution in [3.05, 3.63) is 35.4 Å². The molecule has 1 aromatic rings. The molecule has 0 N–H and O–H groups in total. The van der Waals surface area contributed by atoms with Crippen LogP contribution in [-0.4, -0.2) is 13.2 Å². The van der Waals surface area contributed by atoms with E-state index < -0.39 is 0 Å². The second-order valence-electron chi connectivity index (χ2n) is 3.30. The maximum atomic E-state index is 8.74. The maximum absolute atomic E-state index is 8.74. The largest absolute Gasteiger partial charge is 0.381 e. The van der Waals surface area contributed by atoms with Crippen LogP contribution in [0.5, 0.6) is 0 Å². The van der Waals surface area contributed by atoms with Gasteiger partial charge in [0.15, 0.2) is 0 Å². The van der Waals surface area contributed by atoms with Gasteiger partial charge in [-0.1, -0.05) is 19.1 Å². The van der Waals surface area contributed by atoms with Gasteiger partial charge in [-0.25, -0.2) is 0 Å². The number of nitrogens with zero attached hydrogens (tertiary/aromatic N) is 1. The molecule has 74 valence electrons. The number of hydrogen-bond donors (Lipinski definition) is 0. The normalized spacial score (nSPS) is 12.1. The highest BCUT2D eigenvalue weighted by Crippen LogP contribution is 2.16. The lowest BCUT2D eigenvalue weighted by Gasteiger charge is -2.11. The minimum atomic E-state index is 0.350. The lowest BCUT2D eigenvalue weighted by Crippen LogP contribution is -2.04. The molecular formula is C12H15NO. The standard InChI is InChI=1S/C12H15NO/c1-3-14-9-10(2)12-6-4-5-11(7-12)8-13/h4-7,10H,3,9H2,1-2H3. The molecule has 0 heterocycles. The number of benzene rings is 1. The lowest BCUT2D eigenvalue weighted by molar-refractivity contribution is 0.136. The summed E-state index contributed by atoms with van der Waals surface area (Å²) in [4.78, 5) is 0. The zero-order valence-corrected chi connectivity index (χ0v) is 8.66. The zero-order chi connectivity index (χ0) is 10.4. The average Bonchev–Trinajstić information content (AvgIpc) is 2.26. The third-order valence-corrected chi connectivity index (χ3v) is 2.16. The van der Waals surface area contributed by atoms with Crippen LogP contribution in [0.2, 0.25) is 0 Å². The van der Waals surface area contributed by atoms with Gasteiger partial charge in [0, 0.05) is 12.5 Å². The Labute approximate surface area is 85.1 Å². The van der Waals surface area contributed by atoms with Crippen LogP contribution in [0.4, 0.5) is 0 Å². The lowest BCUT2D eigenvalue weighted by atomic mass is 10.0. The molecule has 0 bridgehead atoms. The molecule has 0 saturated heterocycles. The van der Waals surface area contributed by atoms with E-state index in [1.54, 1.807) is 0 Å². The van der Waals surface area contributed by atoms with Crippen molar-refractivity contribution in [2.24, 2.45) is 0 Å². The van der Waals surface area contributed by atoms with E-state index >= 15 is 0 Å². The van der Waals surface area contributed by atoms with Gasteiger partial charge in [-0.15, -0.1) is 0 Å². The molecule has 0 aliphatic carbocycles. The Balaban J connectivity index is 2.70. The Morgan fingerprint density at radius 1 is 1.50 bits per heavy atom. The predicted octanol–water partition coefficient (Wildman–Crippen LogP) is 2.70. The van der Waals surface area contributed by atoms with Crippen LogP contribution in [0.3, 0.4) is 0 Å². The first-order valence-electron chi connectivity index (χ1n) is 4.85. The minimum absolute atomic E-state index is 0.350. The van der Waals surface area contributed by atoms with Crippen molar-refractivity contribution in [1.29, 1.82) is 5.26 Å². The fraction of sp³-hybridized carbons (Fsp3) is 0.417. The van der Waals surface area contributed by atoms with E-state index in [1.807, 2.05) is 31.2 Å². The molecule has 1 unspecified atom stereocenters. The average molecular weight is 189 g/mol. The molecule has 2 heteroatoms. The molecule has 1 rings (SSSR count). The van der Waals surface area contributed by atoms with E-state index in [0.29, 0.717) is 18.1 Å². The summed E-state index contributed by atoms with van der Waals surface area (Å²) in [5, 5.41) is 8.74. The molecule has 0 spiro atoms. The number of nitriles is 1. The summed E-state index contributed by atoms with van der Waals surface area (Å²) >= 11 is 0. The van der Waals surface area contributed by atoms with E-state index in [1.165, 1.54) is 0 Å². The molecule has 0 amide bonds. The van der Waals surface area contributed by atoms with E-state index in [9.17, 15) is 0 Å². The molecule has 0 fully saturated rings. The van der Waals surface area contributed by atoms with Crippen LogP contribution in [0.1, 0.15) is 30.9 Å². The maximum Gasteiger partial charge on any atom is 0.0991 e. The second-order valence-corrected chi connectivity index (χ2v) is 3.30. The van der Waals surface area contributed by atoms with E-state index in [4.69, 9.17) is 10.00 Å². The van der Waals surface area contributed by atoms with Crippen molar-refractivity contribution in [2.75, 3.05) is 13.2 Å². The molecule has 0 aromatic heterocycles. The first kappa shape index (κ1) is 10.7. The summed E-state index contributed by atoms with van der Waals surface area (Å²) in [6.07, 6.45) is 0. The first-order chi connectivity index (χ1) is 6.77. The molecule has 1 aromatic carbocycles. The van der Waals surface area contributed by atoms with E-state index in [2.05, 4.69) is 13.0 Å². The monoisotopic (exact) mass is 189 g/mol. The van der Waals surface area contributed by atoms with Crippen molar-refractivity contribution in [2.45, 2.75) is 19.8 Å². The zero-order valence-electron chi connectivity index (χ0n) is 8.66. The van der Waals surface area contributed by atoms with Crippen LogP contribution >= 0.6 is 0 Å². The van der Waals surface area contributed by atoms with Crippen LogP contribution < -0.4 is 0 Å². The summed E-state index contributed by atoms with van der Waals surface area (Å²) < 4.78 is 5.34. The minimum Gasteiger partial charge on any atom is -0.381 e. The molecular weight excluding hydrogens is 174 g/mol. The quantitative estimate of drug-likeness (QED) is 0.729. The fourth-order valence-electron chi connectivity index (χ4n) is 1.31. The van der Waals surface area contributed by atoms with Crippen molar-refractivity contribution < 1.29 is 4.74 Å². The van der Waals surface area contributed by atoms with Gasteiger partial charge < -0.3 is 4.74 Å². The summed E-state index contributed by atoms with van der Waals surface area (Å²) in [6, 6.07) is 9.82. The van der Waals surface area contributed by atoms with Gasteiger partial charge >= 0.3 is 0 Å². The summed E-state index contributed by atoms with van der Waals surface area (Å²) in [5.74, 6) is 0.350. The number of hydrogen-bond acceptors (Lipinski definition) is 2. The van der Waals surface area contributed by atoms with Gasteiger partial charge in [-0.05, 0) is 24.6 Å². The Hall–Kier alpha value is -1.33. The Morgan fingerprint density at radius 3 is 2.93 bits per heavy atom. The van der Waals surface area contributed by atoms with E-state index in [-0.39, 0.29) is 0 Å². The predicted molar refractivity (Wildman–Crippen MR) is 56.1 cm³/mol. The highest BCUT2D eigenvalue weighted by Gasteiger charge is 2.05. The Morgan fingerprint density at radius 2 is 2.29 bits per heavy atom. The SMILES string of the molecule is CCOCC(C)c1cccc(C#N)c1. The topological polar surface area (TPSA) is 33.0 Å². The van der Waals surface area contributed by atoms with Crippen LogP contribution in [0.25, 0.3) is 0 Å². The molecule has 0 saturated carbocycles. The molecule has 14 heavy (non-hydrogen) atoms. The van der Waals surface area contributed by atoms with Gasteiger partial charge in [0.1, 0.15) is 0 Å². The van der Waals surface area contributed by atoms with Gasteiger partial charge in [0.05, 0.1) is 18.2 Å². The highest BCUT2D eigenvalue weighted by molar-refractivity contribution is 5.34. The molecule has 1 atom stereocenters. The second kappa shape index (κ2) is 5.41. The van der Waals surface area contributed by atoms with Gasteiger partial charge in [-0.2, -0.15) is 5.26 Å². The Kier molecular flexibility index (Phi) is 4.15. The summed E-state index contributed by atoms with van der Waals surface area (Å²) in [7, 11) is 0. The van der Waals surface area contributed by atoms with Crippen molar-refractivity contribution in [3.8, 4) is 6.07 Å². The number of rotatable bonds is 4. The third kappa shape index (κ3) is 2.86. The Bertz CT molecular complexity index is 327. The smallest absolute Gasteiger partial charge is 0.0991 e. The van der Waals surface area contributed by atoms with Crippen LogP contribution in [0.15, 0.2) is 24.3 Å². The van der Waals surface area contributed by atoms with Crippen LogP contribution in [-0.2, 0) is 4.74 Å². The van der Waals surface area contributed by atoms with Gasteiger partial charge in [0.25, 0.3) is 0 Å². The van der Waals surface area contributed by atoms with Gasteiger partial charge in [0.2, 0.25) is 0 Å². The molecule has 2 nitrogen and oxygen atoms in total. The molecule has 0 aliphatic rings. The third-order valence-electron chi connectivity index (χ3n) is 2.16. The van der Waals surface area contributed by atoms with Gasteiger partial charge in [-0.3, -0.25) is 0 Å². The summed E-state index contributed by atoms with van der Waals surface area (Å²) in [6.45, 7) is 5.54. The van der Waals surface area contributed by atoms with Crippen LogP contribution in [0, 0.1) is 11.3 Å². The van der Waals surface area contributed by atoms with Crippen molar-refractivity contribution in [3.63, 3.8) is 0 Å². The van der Waals surface area contributed by atoms with Crippen molar-refractivity contribution >= 4 is 0 Å². The molecule has 0 radical (unpaired) electrons.